The summed E-state index contributed by atoms with van der Waals surface area (Å²) in [7, 11) is 0. The average Bonchev–Trinajstić information content (AvgIpc) is 2.16. The van der Waals surface area contributed by atoms with Gasteiger partial charge in [0.2, 0.25) is 0 Å². The van der Waals surface area contributed by atoms with Crippen molar-refractivity contribution in [2.45, 2.75) is 45.1 Å². The number of rotatable bonds is 4. The smallest absolute Gasteiger partial charge is 0.0183 e. The lowest BCUT2D eigenvalue weighted by Crippen LogP contribution is -2.32. The highest BCUT2D eigenvalue weighted by molar-refractivity contribution is 9.09. The minimum absolute atomic E-state index is 0.631. The summed E-state index contributed by atoms with van der Waals surface area (Å²) in [4.78, 5) is 0. The van der Waals surface area contributed by atoms with E-state index >= 15 is 0 Å². The van der Waals surface area contributed by atoms with E-state index in [0.717, 1.165) is 11.2 Å². The molecule has 0 bridgehead atoms. The molecule has 2 heteroatoms. The van der Waals surface area contributed by atoms with Crippen LogP contribution in [-0.2, 0) is 0 Å². The molecule has 1 unspecified atom stereocenters. The Morgan fingerprint density at radius 3 is 2.58 bits per heavy atom. The molecule has 0 aliphatic heterocycles. The molecule has 0 aromatic heterocycles. The Kier molecular flexibility index (Phi) is 5.24. The van der Waals surface area contributed by atoms with E-state index in [-0.39, 0.29) is 0 Å². The van der Waals surface area contributed by atoms with Crippen LogP contribution in [0.1, 0.15) is 39.0 Å². The fraction of sp³-hybridized carbons (Fsp3) is 1.00. The van der Waals surface area contributed by atoms with Gasteiger partial charge in [0.1, 0.15) is 0 Å². The third kappa shape index (κ3) is 3.90. The maximum absolute atomic E-state index is 3.56. The molecule has 1 aliphatic carbocycles. The van der Waals surface area contributed by atoms with Crippen molar-refractivity contribution in [1.29, 1.82) is 0 Å². The van der Waals surface area contributed by atoms with Gasteiger partial charge in [0.05, 0.1) is 0 Å². The van der Waals surface area contributed by atoms with Crippen molar-refractivity contribution in [3.05, 3.63) is 0 Å². The average molecular weight is 234 g/mol. The van der Waals surface area contributed by atoms with Crippen molar-refractivity contribution in [2.75, 3.05) is 11.9 Å². The minimum atomic E-state index is 0.631. The molecule has 12 heavy (non-hydrogen) atoms. The first-order valence-corrected chi connectivity index (χ1v) is 6.24. The molecule has 0 radical (unpaired) electrons. The molecule has 1 rings (SSSR count). The fourth-order valence-electron chi connectivity index (χ4n) is 1.81. The third-order valence-corrected chi connectivity index (χ3v) is 3.68. The molecule has 0 amide bonds. The van der Waals surface area contributed by atoms with Crippen molar-refractivity contribution in [3.63, 3.8) is 0 Å². The van der Waals surface area contributed by atoms with E-state index in [0.29, 0.717) is 6.04 Å². The van der Waals surface area contributed by atoms with Gasteiger partial charge < -0.3 is 5.32 Å². The lowest BCUT2D eigenvalue weighted by atomic mass is 9.89. The molecule has 0 spiro atoms. The highest BCUT2D eigenvalue weighted by Gasteiger charge is 2.13. The molecule has 1 fully saturated rings. The van der Waals surface area contributed by atoms with E-state index < -0.39 is 0 Å². The van der Waals surface area contributed by atoms with Gasteiger partial charge in [-0.1, -0.05) is 35.2 Å². The van der Waals surface area contributed by atoms with Crippen molar-refractivity contribution in [2.24, 2.45) is 5.92 Å². The maximum atomic E-state index is 3.56. The lowest BCUT2D eigenvalue weighted by Gasteiger charge is -2.23. The first kappa shape index (κ1) is 10.5. The fourth-order valence-corrected chi connectivity index (χ4v) is 2.04. The van der Waals surface area contributed by atoms with Gasteiger partial charge >= 0.3 is 0 Å². The topological polar surface area (TPSA) is 12.0 Å². The second kappa shape index (κ2) is 5.98. The predicted octanol–water partition coefficient (Wildman–Crippen LogP) is 2.94. The summed E-state index contributed by atoms with van der Waals surface area (Å²) in [6.45, 7) is 3.46. The maximum Gasteiger partial charge on any atom is 0.0183 e. The standard InChI is InChI=1S/C10H20BrN/c1-9(7-11)12-8-10-5-3-2-4-6-10/h9-10,12H,2-8H2,1H3. The summed E-state index contributed by atoms with van der Waals surface area (Å²) in [5.74, 6) is 0.959. The van der Waals surface area contributed by atoms with Gasteiger partial charge in [0.15, 0.2) is 0 Å². The molecule has 1 N–H and O–H groups in total. The van der Waals surface area contributed by atoms with Gasteiger partial charge in [-0.2, -0.15) is 0 Å². The van der Waals surface area contributed by atoms with Gasteiger partial charge in [0, 0.05) is 11.4 Å². The van der Waals surface area contributed by atoms with Crippen molar-refractivity contribution in [1.82, 2.24) is 5.32 Å². The Balaban J connectivity index is 2.05. The Morgan fingerprint density at radius 1 is 1.33 bits per heavy atom. The van der Waals surface area contributed by atoms with E-state index in [1.807, 2.05) is 0 Å². The highest BCUT2D eigenvalue weighted by Crippen LogP contribution is 2.22. The van der Waals surface area contributed by atoms with Crippen molar-refractivity contribution in [3.8, 4) is 0 Å². The summed E-state index contributed by atoms with van der Waals surface area (Å²) in [5, 5.41) is 4.62. The second-order valence-electron chi connectivity index (χ2n) is 3.97. The Hall–Kier alpha value is 0.440. The zero-order valence-electron chi connectivity index (χ0n) is 7.98. The number of hydrogen-bond donors (Lipinski definition) is 1. The summed E-state index contributed by atoms with van der Waals surface area (Å²) < 4.78 is 0. The molecular formula is C10H20BrN. The molecule has 1 saturated carbocycles. The van der Waals surface area contributed by atoms with E-state index in [9.17, 15) is 0 Å². The van der Waals surface area contributed by atoms with Gasteiger partial charge in [-0.05, 0) is 32.2 Å². The van der Waals surface area contributed by atoms with Crippen LogP contribution >= 0.6 is 15.9 Å². The van der Waals surface area contributed by atoms with Crippen LogP contribution in [0.25, 0.3) is 0 Å². The van der Waals surface area contributed by atoms with Crippen molar-refractivity contribution < 1.29 is 0 Å². The van der Waals surface area contributed by atoms with Crippen LogP contribution in [0.15, 0.2) is 0 Å². The van der Waals surface area contributed by atoms with Crippen LogP contribution < -0.4 is 5.32 Å². The number of halogens is 1. The normalized spacial score (nSPS) is 22.5. The zero-order chi connectivity index (χ0) is 8.81. The van der Waals surface area contributed by atoms with Crippen LogP contribution in [0, 0.1) is 5.92 Å². The first-order chi connectivity index (χ1) is 5.83. The quantitative estimate of drug-likeness (QED) is 0.737. The molecule has 0 aromatic rings. The van der Waals surface area contributed by atoms with E-state index in [2.05, 4.69) is 28.2 Å². The van der Waals surface area contributed by atoms with Gasteiger partial charge in [-0.25, -0.2) is 0 Å². The highest BCUT2D eigenvalue weighted by atomic mass is 79.9. The Morgan fingerprint density at radius 2 is 2.00 bits per heavy atom. The molecule has 1 aliphatic rings. The summed E-state index contributed by atoms with van der Waals surface area (Å²) >= 11 is 3.48. The van der Waals surface area contributed by atoms with E-state index in [4.69, 9.17) is 0 Å². The summed E-state index contributed by atoms with van der Waals surface area (Å²) in [5.41, 5.74) is 0. The van der Waals surface area contributed by atoms with E-state index in [1.54, 1.807) is 0 Å². The summed E-state index contributed by atoms with van der Waals surface area (Å²) in [6.07, 6.45) is 7.26. The van der Waals surface area contributed by atoms with Crippen LogP contribution in [0.2, 0.25) is 0 Å². The molecule has 1 nitrogen and oxygen atoms in total. The predicted molar refractivity (Wildman–Crippen MR) is 57.8 cm³/mol. The monoisotopic (exact) mass is 233 g/mol. The Labute approximate surface area is 84.4 Å². The van der Waals surface area contributed by atoms with Crippen molar-refractivity contribution >= 4 is 15.9 Å². The van der Waals surface area contributed by atoms with Crippen LogP contribution in [-0.4, -0.2) is 17.9 Å². The number of hydrogen-bond acceptors (Lipinski definition) is 1. The van der Waals surface area contributed by atoms with E-state index in [1.165, 1.54) is 38.6 Å². The van der Waals surface area contributed by atoms with Gasteiger partial charge in [-0.3, -0.25) is 0 Å². The lowest BCUT2D eigenvalue weighted by molar-refractivity contribution is 0.335. The molecule has 1 atom stereocenters. The second-order valence-corrected chi connectivity index (χ2v) is 4.62. The van der Waals surface area contributed by atoms with Crippen LogP contribution in [0.3, 0.4) is 0 Å². The summed E-state index contributed by atoms with van der Waals surface area (Å²) in [6, 6.07) is 0.631. The largest absolute Gasteiger partial charge is 0.313 e. The molecular weight excluding hydrogens is 214 g/mol. The Bertz CT molecular complexity index is 110. The molecule has 72 valence electrons. The van der Waals surface area contributed by atoms with Crippen LogP contribution in [0.4, 0.5) is 0 Å². The van der Waals surface area contributed by atoms with Gasteiger partial charge in [-0.15, -0.1) is 0 Å². The zero-order valence-corrected chi connectivity index (χ0v) is 9.57. The molecule has 0 heterocycles. The minimum Gasteiger partial charge on any atom is -0.313 e. The number of nitrogens with one attached hydrogen (secondary N) is 1. The van der Waals surface area contributed by atoms with Crippen LogP contribution in [0.5, 0.6) is 0 Å². The third-order valence-electron chi connectivity index (χ3n) is 2.71. The number of alkyl halides is 1. The molecule has 0 saturated heterocycles. The first-order valence-electron chi connectivity index (χ1n) is 5.12. The SMILES string of the molecule is CC(CBr)NCC1CCCCC1. The van der Waals surface area contributed by atoms with Gasteiger partial charge in [0.25, 0.3) is 0 Å². The molecule has 0 aromatic carbocycles.